The van der Waals surface area contributed by atoms with Crippen molar-refractivity contribution in [1.29, 1.82) is 0 Å². The van der Waals surface area contributed by atoms with Crippen LogP contribution >= 0.6 is 0 Å². The molecule has 0 aromatic carbocycles. The monoisotopic (exact) mass is 232 g/mol. The number of methoxy groups -OCH3 is 1. The Bertz CT molecular complexity index is 553. The average Bonchev–Trinajstić information content (AvgIpc) is 2.38. The van der Waals surface area contributed by atoms with E-state index in [0.29, 0.717) is 23.8 Å². The van der Waals surface area contributed by atoms with Crippen LogP contribution in [0.4, 0.5) is 5.82 Å². The van der Waals surface area contributed by atoms with E-state index in [4.69, 9.17) is 4.74 Å². The van der Waals surface area contributed by atoms with Gasteiger partial charge in [-0.3, -0.25) is 9.78 Å². The maximum Gasteiger partial charge on any atom is 0.252 e. The molecule has 0 saturated carbocycles. The van der Waals surface area contributed by atoms with Gasteiger partial charge in [0.1, 0.15) is 5.82 Å². The molecule has 6 nitrogen and oxygen atoms in total. The van der Waals surface area contributed by atoms with Crippen molar-refractivity contribution in [2.24, 2.45) is 0 Å². The first-order valence-electron chi connectivity index (χ1n) is 5.06. The van der Waals surface area contributed by atoms with E-state index >= 15 is 0 Å². The minimum Gasteiger partial charge on any atom is -0.480 e. The summed E-state index contributed by atoms with van der Waals surface area (Å²) in [7, 11) is 1.52. The third kappa shape index (κ3) is 2.81. The van der Waals surface area contributed by atoms with Gasteiger partial charge >= 0.3 is 0 Å². The van der Waals surface area contributed by atoms with Gasteiger partial charge in [-0.15, -0.1) is 0 Å². The lowest BCUT2D eigenvalue weighted by atomic mass is 10.3. The van der Waals surface area contributed by atoms with Gasteiger partial charge in [0.25, 0.3) is 5.56 Å². The van der Waals surface area contributed by atoms with E-state index < -0.39 is 0 Å². The summed E-state index contributed by atoms with van der Waals surface area (Å²) in [4.78, 5) is 22.1. The molecule has 88 valence electrons. The fourth-order valence-electron chi connectivity index (χ4n) is 1.31. The van der Waals surface area contributed by atoms with Gasteiger partial charge in [0.15, 0.2) is 0 Å². The van der Waals surface area contributed by atoms with Gasteiger partial charge in [0, 0.05) is 18.3 Å². The lowest BCUT2D eigenvalue weighted by Crippen LogP contribution is -2.15. The third-order valence-electron chi connectivity index (χ3n) is 2.18. The van der Waals surface area contributed by atoms with Crippen molar-refractivity contribution in [2.45, 2.75) is 6.54 Å². The number of anilines is 1. The predicted molar refractivity (Wildman–Crippen MR) is 63.0 cm³/mol. The molecule has 0 radical (unpaired) electrons. The molecule has 2 rings (SSSR count). The molecule has 0 aliphatic heterocycles. The van der Waals surface area contributed by atoms with E-state index in [1.54, 1.807) is 24.5 Å². The van der Waals surface area contributed by atoms with Crippen LogP contribution in [0.15, 0.2) is 35.5 Å². The first-order chi connectivity index (χ1) is 8.29. The maximum absolute atomic E-state index is 11.4. The normalized spacial score (nSPS) is 9.94. The highest BCUT2D eigenvalue weighted by atomic mass is 16.5. The molecule has 6 heteroatoms. The van der Waals surface area contributed by atoms with Crippen molar-refractivity contribution in [3.63, 3.8) is 0 Å². The van der Waals surface area contributed by atoms with Crippen LogP contribution in [0.1, 0.15) is 5.56 Å². The molecule has 0 aliphatic carbocycles. The Morgan fingerprint density at radius 1 is 1.47 bits per heavy atom. The highest BCUT2D eigenvalue weighted by molar-refractivity contribution is 5.34. The van der Waals surface area contributed by atoms with Gasteiger partial charge in [0.05, 0.1) is 19.5 Å². The molecule has 0 spiro atoms. The van der Waals surface area contributed by atoms with Crippen LogP contribution in [0.5, 0.6) is 5.88 Å². The van der Waals surface area contributed by atoms with Crippen LogP contribution < -0.4 is 15.6 Å². The summed E-state index contributed by atoms with van der Waals surface area (Å²) < 4.78 is 4.95. The van der Waals surface area contributed by atoms with Gasteiger partial charge in [-0.2, -0.15) is 4.98 Å². The molecule has 0 saturated heterocycles. The first kappa shape index (κ1) is 11.1. The van der Waals surface area contributed by atoms with Crippen molar-refractivity contribution in [2.75, 3.05) is 12.4 Å². The number of pyridine rings is 1. The third-order valence-corrected chi connectivity index (χ3v) is 2.18. The zero-order valence-corrected chi connectivity index (χ0v) is 9.30. The van der Waals surface area contributed by atoms with E-state index in [0.717, 1.165) is 0 Å². The molecule has 2 aromatic heterocycles. The number of nitrogens with zero attached hydrogens (tertiary/aromatic N) is 2. The summed E-state index contributed by atoms with van der Waals surface area (Å²) in [6.07, 6.45) is 4.68. The number of nitrogens with one attached hydrogen (secondary N) is 2. The first-order valence-corrected chi connectivity index (χ1v) is 5.06. The van der Waals surface area contributed by atoms with E-state index in [2.05, 4.69) is 20.3 Å². The summed E-state index contributed by atoms with van der Waals surface area (Å²) in [5.74, 6) is 0.990. The van der Waals surface area contributed by atoms with E-state index in [1.165, 1.54) is 13.3 Å². The Hall–Kier alpha value is -2.37. The Balaban J connectivity index is 2.07. The molecule has 2 aromatic rings. The van der Waals surface area contributed by atoms with Gasteiger partial charge in [0.2, 0.25) is 5.88 Å². The molecular weight excluding hydrogens is 220 g/mol. The molecule has 0 aliphatic rings. The van der Waals surface area contributed by atoms with Crippen LogP contribution in [0.25, 0.3) is 0 Å². The molecule has 0 fully saturated rings. The van der Waals surface area contributed by atoms with E-state index in [-0.39, 0.29) is 5.56 Å². The molecule has 0 atom stereocenters. The lowest BCUT2D eigenvalue weighted by molar-refractivity contribution is 0.396. The number of H-pyrrole nitrogens is 1. The summed E-state index contributed by atoms with van der Waals surface area (Å²) in [6, 6.07) is 3.52. The van der Waals surface area contributed by atoms with Crippen LogP contribution in [0.3, 0.4) is 0 Å². The zero-order valence-electron chi connectivity index (χ0n) is 9.30. The van der Waals surface area contributed by atoms with Crippen molar-refractivity contribution in [3.05, 3.63) is 46.6 Å². The predicted octanol–water partition coefficient (Wildman–Crippen LogP) is 0.786. The number of aromatic amines is 1. The molecule has 0 bridgehead atoms. The number of rotatable bonds is 4. The molecule has 2 heterocycles. The minimum absolute atomic E-state index is 0.115. The number of ether oxygens (including phenoxy) is 1. The van der Waals surface area contributed by atoms with Gasteiger partial charge < -0.3 is 15.0 Å². The highest BCUT2D eigenvalue weighted by Gasteiger charge is 2.00. The van der Waals surface area contributed by atoms with E-state index in [9.17, 15) is 4.79 Å². The quantitative estimate of drug-likeness (QED) is 0.814. The van der Waals surface area contributed by atoms with E-state index in [1.807, 2.05) is 0 Å². The summed E-state index contributed by atoms with van der Waals surface area (Å²) in [5.41, 5.74) is 0.521. The average molecular weight is 232 g/mol. The summed E-state index contributed by atoms with van der Waals surface area (Å²) >= 11 is 0. The number of aromatic nitrogens is 3. The molecule has 0 unspecified atom stereocenters. The van der Waals surface area contributed by atoms with Crippen molar-refractivity contribution >= 4 is 5.82 Å². The molecule has 2 N–H and O–H groups in total. The second-order valence-corrected chi connectivity index (χ2v) is 3.32. The largest absolute Gasteiger partial charge is 0.480 e. The second kappa shape index (κ2) is 5.11. The number of hydrogen-bond acceptors (Lipinski definition) is 5. The minimum atomic E-state index is -0.115. The Morgan fingerprint density at radius 3 is 3.12 bits per heavy atom. The van der Waals surface area contributed by atoms with Gasteiger partial charge in [-0.1, -0.05) is 6.07 Å². The topological polar surface area (TPSA) is 79.9 Å². The van der Waals surface area contributed by atoms with Crippen LogP contribution in [0.2, 0.25) is 0 Å². The van der Waals surface area contributed by atoms with Gasteiger partial charge in [-0.25, -0.2) is 0 Å². The van der Waals surface area contributed by atoms with Crippen molar-refractivity contribution in [1.82, 2.24) is 15.0 Å². The lowest BCUT2D eigenvalue weighted by Gasteiger charge is -2.05. The van der Waals surface area contributed by atoms with Crippen LogP contribution in [-0.2, 0) is 6.54 Å². The molecule has 17 heavy (non-hydrogen) atoms. The highest BCUT2D eigenvalue weighted by Crippen LogP contribution is 2.08. The van der Waals surface area contributed by atoms with Crippen molar-refractivity contribution in [3.8, 4) is 5.88 Å². The fourth-order valence-corrected chi connectivity index (χ4v) is 1.31. The fraction of sp³-hybridized carbons (Fsp3) is 0.182. The Labute approximate surface area is 97.7 Å². The second-order valence-electron chi connectivity index (χ2n) is 3.32. The SMILES string of the molecule is COc1cncc(NCc2ccc[nH]c2=O)n1. The van der Waals surface area contributed by atoms with Crippen molar-refractivity contribution < 1.29 is 4.74 Å². The standard InChI is InChI=1S/C11H12N4O2/c1-17-10-7-12-6-9(15-10)14-5-8-3-2-4-13-11(8)16/h2-4,6-7H,5H2,1H3,(H,13,16)(H,14,15). The zero-order chi connectivity index (χ0) is 12.1. The summed E-state index contributed by atoms with van der Waals surface area (Å²) in [6.45, 7) is 0.387. The Morgan fingerprint density at radius 2 is 2.35 bits per heavy atom. The molecular formula is C11H12N4O2. The number of hydrogen-bond donors (Lipinski definition) is 2. The van der Waals surface area contributed by atoms with Crippen LogP contribution in [0, 0.1) is 0 Å². The van der Waals surface area contributed by atoms with Crippen LogP contribution in [-0.4, -0.2) is 22.1 Å². The summed E-state index contributed by atoms with van der Waals surface area (Å²) in [5, 5.41) is 3.00. The Kier molecular flexibility index (Phi) is 3.34. The van der Waals surface area contributed by atoms with Gasteiger partial charge in [-0.05, 0) is 6.07 Å². The smallest absolute Gasteiger partial charge is 0.252 e. The molecule has 0 amide bonds. The maximum atomic E-state index is 11.4.